The molecule has 1 saturated carbocycles. The molecule has 1 aromatic rings. The van der Waals surface area contributed by atoms with E-state index in [0.717, 1.165) is 28.0 Å². The van der Waals surface area contributed by atoms with E-state index >= 15 is 0 Å². The largest absolute Gasteiger partial charge is 0.389 e. The smallest absolute Gasteiger partial charge is 0.124 e. The maximum Gasteiger partial charge on any atom is 0.124 e. The van der Waals surface area contributed by atoms with Crippen LogP contribution in [0.15, 0.2) is 18.2 Å². The zero-order chi connectivity index (χ0) is 15.2. The van der Waals surface area contributed by atoms with Crippen LogP contribution in [0.3, 0.4) is 0 Å². The molecular formula is C16H23FINO2. The average Bonchev–Trinajstić information content (AvgIpc) is 2.44. The zero-order valence-electron chi connectivity index (χ0n) is 12.3. The molecule has 0 heterocycles. The molecule has 5 heteroatoms. The number of hydrogen-bond donors (Lipinski definition) is 2. The van der Waals surface area contributed by atoms with Gasteiger partial charge in [-0.15, -0.1) is 0 Å². The van der Waals surface area contributed by atoms with Crippen LogP contribution in [0.5, 0.6) is 0 Å². The molecule has 3 unspecified atom stereocenters. The molecular weight excluding hydrogens is 384 g/mol. The van der Waals surface area contributed by atoms with Crippen LogP contribution in [-0.2, 0) is 4.74 Å². The van der Waals surface area contributed by atoms with E-state index in [9.17, 15) is 9.50 Å². The van der Waals surface area contributed by atoms with E-state index in [4.69, 9.17) is 4.74 Å². The van der Waals surface area contributed by atoms with Gasteiger partial charge in [-0.25, -0.2) is 4.39 Å². The number of aliphatic hydroxyl groups excluding tert-OH is 1. The number of hydrogen-bond acceptors (Lipinski definition) is 3. The fourth-order valence-corrected chi connectivity index (χ4v) is 3.36. The first-order chi connectivity index (χ1) is 10.0. The Morgan fingerprint density at radius 3 is 3.00 bits per heavy atom. The van der Waals surface area contributed by atoms with Gasteiger partial charge >= 0.3 is 0 Å². The van der Waals surface area contributed by atoms with Crippen molar-refractivity contribution in [2.75, 3.05) is 18.5 Å². The first-order valence-electron chi connectivity index (χ1n) is 7.53. The highest BCUT2D eigenvalue weighted by Gasteiger charge is 2.20. The van der Waals surface area contributed by atoms with Crippen molar-refractivity contribution in [2.45, 2.75) is 44.8 Å². The van der Waals surface area contributed by atoms with Crippen molar-refractivity contribution in [2.24, 2.45) is 5.92 Å². The first-order valence-corrected chi connectivity index (χ1v) is 8.61. The van der Waals surface area contributed by atoms with Crippen molar-refractivity contribution in [1.82, 2.24) is 0 Å². The summed E-state index contributed by atoms with van der Waals surface area (Å²) >= 11 is 2.08. The minimum atomic E-state index is -0.553. The van der Waals surface area contributed by atoms with Crippen LogP contribution in [0.1, 0.15) is 32.6 Å². The maximum atomic E-state index is 13.0. The molecule has 1 aliphatic rings. The molecule has 0 saturated heterocycles. The number of anilines is 1. The molecule has 0 amide bonds. The minimum Gasteiger partial charge on any atom is -0.389 e. The van der Waals surface area contributed by atoms with E-state index < -0.39 is 6.10 Å². The Morgan fingerprint density at radius 1 is 1.48 bits per heavy atom. The normalized spacial score (nSPS) is 23.8. The van der Waals surface area contributed by atoms with E-state index in [-0.39, 0.29) is 11.9 Å². The van der Waals surface area contributed by atoms with Gasteiger partial charge in [-0.05, 0) is 59.5 Å². The molecule has 2 rings (SSSR count). The van der Waals surface area contributed by atoms with E-state index in [1.54, 1.807) is 6.07 Å². The van der Waals surface area contributed by atoms with Gasteiger partial charge in [0.05, 0.1) is 18.8 Å². The van der Waals surface area contributed by atoms with Crippen molar-refractivity contribution >= 4 is 28.3 Å². The van der Waals surface area contributed by atoms with Crippen molar-refractivity contribution < 1.29 is 14.2 Å². The number of halogens is 2. The molecule has 0 aliphatic heterocycles. The zero-order valence-corrected chi connectivity index (χ0v) is 14.5. The van der Waals surface area contributed by atoms with Gasteiger partial charge in [0.2, 0.25) is 0 Å². The van der Waals surface area contributed by atoms with Gasteiger partial charge in [0.1, 0.15) is 5.82 Å². The molecule has 1 aliphatic carbocycles. The van der Waals surface area contributed by atoms with Crippen LogP contribution in [0.25, 0.3) is 0 Å². The average molecular weight is 407 g/mol. The second-order valence-corrected chi connectivity index (χ2v) is 7.05. The number of aliphatic hydroxyl groups is 1. The van der Waals surface area contributed by atoms with Gasteiger partial charge in [-0.3, -0.25) is 0 Å². The van der Waals surface area contributed by atoms with E-state index in [1.165, 1.54) is 25.0 Å². The highest BCUT2D eigenvalue weighted by atomic mass is 127. The minimum absolute atomic E-state index is 0.250. The van der Waals surface area contributed by atoms with Gasteiger partial charge in [-0.2, -0.15) is 0 Å². The lowest BCUT2D eigenvalue weighted by Crippen LogP contribution is -2.30. The summed E-state index contributed by atoms with van der Waals surface area (Å²) in [6, 6.07) is 4.57. The molecule has 118 valence electrons. The Hall–Kier alpha value is -0.400. The lowest BCUT2D eigenvalue weighted by molar-refractivity contribution is -0.0274. The SMILES string of the molecule is CC1CCCC(OCC(O)CNc2ccc(F)cc2I)C1. The predicted molar refractivity (Wildman–Crippen MR) is 91.0 cm³/mol. The lowest BCUT2D eigenvalue weighted by Gasteiger charge is -2.27. The standard InChI is InChI=1S/C16H23FINO2/c1-11-3-2-4-14(7-11)21-10-13(20)9-19-16-6-5-12(17)8-15(16)18/h5-6,8,11,13-14,19-20H,2-4,7,9-10H2,1H3. The fourth-order valence-electron chi connectivity index (χ4n) is 2.70. The quantitative estimate of drug-likeness (QED) is 0.705. The van der Waals surface area contributed by atoms with Gasteiger partial charge in [0.25, 0.3) is 0 Å². The Kier molecular flexibility index (Phi) is 6.70. The van der Waals surface area contributed by atoms with Gasteiger partial charge < -0.3 is 15.2 Å². The molecule has 3 atom stereocenters. The molecule has 1 fully saturated rings. The Balaban J connectivity index is 1.70. The number of ether oxygens (including phenoxy) is 1. The number of nitrogens with one attached hydrogen (secondary N) is 1. The van der Waals surface area contributed by atoms with E-state index in [2.05, 4.69) is 34.8 Å². The second kappa shape index (κ2) is 8.29. The summed E-state index contributed by atoms with van der Waals surface area (Å²) in [4.78, 5) is 0. The molecule has 2 N–H and O–H groups in total. The highest BCUT2D eigenvalue weighted by molar-refractivity contribution is 14.1. The van der Waals surface area contributed by atoms with Crippen molar-refractivity contribution in [3.8, 4) is 0 Å². The second-order valence-electron chi connectivity index (χ2n) is 5.89. The van der Waals surface area contributed by atoms with Crippen LogP contribution in [0.2, 0.25) is 0 Å². The van der Waals surface area contributed by atoms with Crippen molar-refractivity contribution in [1.29, 1.82) is 0 Å². The van der Waals surface area contributed by atoms with Gasteiger partial charge in [0, 0.05) is 15.8 Å². The Morgan fingerprint density at radius 2 is 2.29 bits per heavy atom. The third kappa shape index (κ3) is 5.71. The maximum absolute atomic E-state index is 13.0. The summed E-state index contributed by atoms with van der Waals surface area (Å²) in [5, 5.41) is 13.1. The lowest BCUT2D eigenvalue weighted by atomic mass is 9.89. The summed E-state index contributed by atoms with van der Waals surface area (Å²) in [5.74, 6) is 0.472. The van der Waals surface area contributed by atoms with Crippen LogP contribution in [0.4, 0.5) is 10.1 Å². The summed E-state index contributed by atoms with van der Waals surface area (Å²) in [5.41, 5.74) is 0.835. The highest BCUT2D eigenvalue weighted by Crippen LogP contribution is 2.25. The summed E-state index contributed by atoms with van der Waals surface area (Å²) in [6.07, 6.45) is 4.43. The fraction of sp³-hybridized carbons (Fsp3) is 0.625. The Bertz CT molecular complexity index is 458. The molecule has 1 aromatic carbocycles. The van der Waals surface area contributed by atoms with Crippen LogP contribution in [-0.4, -0.2) is 30.5 Å². The molecule has 0 spiro atoms. The number of benzene rings is 1. The van der Waals surface area contributed by atoms with Gasteiger partial charge in [-0.1, -0.05) is 19.8 Å². The third-order valence-corrected chi connectivity index (χ3v) is 4.76. The summed E-state index contributed by atoms with van der Waals surface area (Å²) in [7, 11) is 0. The van der Waals surface area contributed by atoms with Crippen molar-refractivity contribution in [3.05, 3.63) is 27.6 Å². The molecule has 3 nitrogen and oxygen atoms in total. The van der Waals surface area contributed by atoms with E-state index in [0.29, 0.717) is 13.2 Å². The van der Waals surface area contributed by atoms with Crippen molar-refractivity contribution in [3.63, 3.8) is 0 Å². The van der Waals surface area contributed by atoms with Crippen LogP contribution in [0, 0.1) is 15.3 Å². The third-order valence-electron chi connectivity index (χ3n) is 3.87. The van der Waals surface area contributed by atoms with Crippen LogP contribution >= 0.6 is 22.6 Å². The first kappa shape index (κ1) is 17.0. The summed E-state index contributed by atoms with van der Waals surface area (Å²) in [6.45, 7) is 3.01. The monoisotopic (exact) mass is 407 g/mol. The predicted octanol–water partition coefficient (Wildman–Crippen LogP) is 3.80. The Labute approximate surface area is 139 Å². The van der Waals surface area contributed by atoms with Crippen LogP contribution < -0.4 is 5.32 Å². The number of rotatable bonds is 6. The summed E-state index contributed by atoms with van der Waals surface area (Å²) < 4.78 is 19.6. The molecule has 0 bridgehead atoms. The molecule has 0 radical (unpaired) electrons. The van der Waals surface area contributed by atoms with Gasteiger partial charge in [0.15, 0.2) is 0 Å². The molecule has 0 aromatic heterocycles. The molecule has 21 heavy (non-hydrogen) atoms. The topological polar surface area (TPSA) is 41.5 Å². The van der Waals surface area contributed by atoms with E-state index in [1.807, 2.05) is 0 Å².